The predicted octanol–water partition coefficient (Wildman–Crippen LogP) is 4.23. The molecular formula is C16H20FN3. The van der Waals surface area contributed by atoms with Gasteiger partial charge >= 0.3 is 0 Å². The van der Waals surface area contributed by atoms with Crippen molar-refractivity contribution in [3.8, 4) is 11.4 Å². The topological polar surface area (TPSA) is 37.8 Å². The molecule has 4 heteroatoms. The van der Waals surface area contributed by atoms with Crippen LogP contribution < -0.4 is 5.32 Å². The summed E-state index contributed by atoms with van der Waals surface area (Å²) in [5.74, 6) is 1.38. The van der Waals surface area contributed by atoms with E-state index in [1.807, 2.05) is 12.1 Å². The molecule has 1 heterocycles. The van der Waals surface area contributed by atoms with Gasteiger partial charge in [0.15, 0.2) is 5.82 Å². The molecule has 1 N–H and O–H groups in total. The minimum absolute atomic E-state index is 0.274. The second kappa shape index (κ2) is 6.46. The molecule has 0 aliphatic rings. The first-order chi connectivity index (χ1) is 9.60. The third-order valence-electron chi connectivity index (χ3n) is 2.98. The Balaban J connectivity index is 2.43. The van der Waals surface area contributed by atoms with Gasteiger partial charge in [-0.15, -0.1) is 0 Å². The van der Waals surface area contributed by atoms with Crippen LogP contribution in [0.25, 0.3) is 11.4 Å². The summed E-state index contributed by atoms with van der Waals surface area (Å²) in [6.45, 7) is 7.13. The summed E-state index contributed by atoms with van der Waals surface area (Å²) in [7, 11) is 0. The first-order valence-corrected chi connectivity index (χ1v) is 6.99. The zero-order valence-corrected chi connectivity index (χ0v) is 12.2. The number of nitrogens with one attached hydrogen (secondary N) is 1. The van der Waals surface area contributed by atoms with Crippen LogP contribution in [0.4, 0.5) is 10.2 Å². The molecule has 0 unspecified atom stereocenters. The highest BCUT2D eigenvalue weighted by molar-refractivity contribution is 5.57. The van der Waals surface area contributed by atoms with E-state index < -0.39 is 0 Å². The van der Waals surface area contributed by atoms with Crippen LogP contribution in [0.15, 0.2) is 30.3 Å². The highest BCUT2D eigenvalue weighted by atomic mass is 19.1. The van der Waals surface area contributed by atoms with Crippen LogP contribution in [0.2, 0.25) is 0 Å². The van der Waals surface area contributed by atoms with Gasteiger partial charge in [0.05, 0.1) is 0 Å². The largest absolute Gasteiger partial charge is 0.370 e. The van der Waals surface area contributed by atoms with E-state index in [0.29, 0.717) is 17.3 Å². The van der Waals surface area contributed by atoms with E-state index in [2.05, 4.69) is 36.1 Å². The van der Waals surface area contributed by atoms with Crippen molar-refractivity contribution in [1.29, 1.82) is 0 Å². The van der Waals surface area contributed by atoms with Crippen molar-refractivity contribution in [2.45, 2.75) is 33.1 Å². The first-order valence-electron chi connectivity index (χ1n) is 6.99. The van der Waals surface area contributed by atoms with Gasteiger partial charge in [0.2, 0.25) is 0 Å². The minimum atomic E-state index is -0.274. The maximum Gasteiger partial charge on any atom is 0.161 e. The Hall–Kier alpha value is -1.97. The molecule has 1 aromatic heterocycles. The Labute approximate surface area is 119 Å². The number of hydrogen-bond acceptors (Lipinski definition) is 3. The highest BCUT2D eigenvalue weighted by Crippen LogP contribution is 2.22. The molecule has 3 nitrogen and oxygen atoms in total. The standard InChI is InChI=1S/C16H20FN3/c1-4-8-18-15-10-14(11(2)3)19-16(20-15)12-6-5-7-13(17)9-12/h5-7,9-11H,4,8H2,1-3H3,(H,18,19,20). The van der Waals surface area contributed by atoms with E-state index in [-0.39, 0.29) is 5.82 Å². The van der Waals surface area contributed by atoms with E-state index in [1.54, 1.807) is 6.07 Å². The van der Waals surface area contributed by atoms with E-state index in [1.165, 1.54) is 12.1 Å². The number of benzene rings is 1. The minimum Gasteiger partial charge on any atom is -0.370 e. The van der Waals surface area contributed by atoms with Crippen LogP contribution in [0, 0.1) is 5.82 Å². The van der Waals surface area contributed by atoms with Crippen molar-refractivity contribution in [3.63, 3.8) is 0 Å². The molecule has 0 amide bonds. The zero-order chi connectivity index (χ0) is 14.5. The van der Waals surface area contributed by atoms with Crippen molar-refractivity contribution < 1.29 is 4.39 Å². The number of nitrogens with zero attached hydrogens (tertiary/aromatic N) is 2. The zero-order valence-electron chi connectivity index (χ0n) is 12.2. The average molecular weight is 273 g/mol. The second-order valence-electron chi connectivity index (χ2n) is 5.09. The molecule has 20 heavy (non-hydrogen) atoms. The van der Waals surface area contributed by atoms with Gasteiger partial charge < -0.3 is 5.32 Å². The maximum atomic E-state index is 13.3. The van der Waals surface area contributed by atoms with Gasteiger partial charge in [-0.05, 0) is 24.5 Å². The van der Waals surface area contributed by atoms with Gasteiger partial charge in [0.25, 0.3) is 0 Å². The molecule has 2 aromatic rings. The van der Waals surface area contributed by atoms with Crippen LogP contribution in [0.5, 0.6) is 0 Å². The number of anilines is 1. The van der Waals surface area contributed by atoms with Crippen molar-refractivity contribution >= 4 is 5.82 Å². The lowest BCUT2D eigenvalue weighted by atomic mass is 10.1. The van der Waals surface area contributed by atoms with Crippen LogP contribution in [0.1, 0.15) is 38.8 Å². The number of rotatable bonds is 5. The summed E-state index contributed by atoms with van der Waals surface area (Å²) in [6.07, 6.45) is 1.02. The van der Waals surface area contributed by atoms with Gasteiger partial charge in [0.1, 0.15) is 11.6 Å². The third kappa shape index (κ3) is 3.53. The Bertz CT molecular complexity index is 582. The quantitative estimate of drug-likeness (QED) is 0.886. The Kier molecular flexibility index (Phi) is 4.66. The van der Waals surface area contributed by atoms with Gasteiger partial charge in [0, 0.05) is 23.9 Å². The molecule has 0 saturated carbocycles. The summed E-state index contributed by atoms with van der Waals surface area (Å²) in [6, 6.07) is 8.35. The monoisotopic (exact) mass is 273 g/mol. The molecule has 0 fully saturated rings. The van der Waals surface area contributed by atoms with Gasteiger partial charge in [-0.2, -0.15) is 0 Å². The van der Waals surface area contributed by atoms with E-state index in [0.717, 1.165) is 24.5 Å². The predicted molar refractivity (Wildman–Crippen MR) is 80.3 cm³/mol. The molecule has 0 spiro atoms. The van der Waals surface area contributed by atoms with Crippen LogP contribution in [0.3, 0.4) is 0 Å². The molecule has 0 aliphatic carbocycles. The molecule has 0 aliphatic heterocycles. The molecule has 0 atom stereocenters. The average Bonchev–Trinajstić information content (AvgIpc) is 2.44. The Morgan fingerprint density at radius 1 is 1.20 bits per heavy atom. The molecule has 0 radical (unpaired) electrons. The van der Waals surface area contributed by atoms with E-state index in [4.69, 9.17) is 0 Å². The molecule has 106 valence electrons. The molecule has 0 bridgehead atoms. The van der Waals surface area contributed by atoms with Crippen LogP contribution in [-0.4, -0.2) is 16.5 Å². The Morgan fingerprint density at radius 3 is 2.65 bits per heavy atom. The normalized spacial score (nSPS) is 10.8. The molecule has 0 saturated heterocycles. The Morgan fingerprint density at radius 2 is 2.00 bits per heavy atom. The molecular weight excluding hydrogens is 253 g/mol. The van der Waals surface area contributed by atoms with Gasteiger partial charge in [-0.25, -0.2) is 14.4 Å². The smallest absolute Gasteiger partial charge is 0.161 e. The van der Waals surface area contributed by atoms with Crippen molar-refractivity contribution in [1.82, 2.24) is 9.97 Å². The third-order valence-corrected chi connectivity index (χ3v) is 2.98. The summed E-state index contributed by atoms with van der Waals surface area (Å²) >= 11 is 0. The fourth-order valence-corrected chi connectivity index (χ4v) is 1.86. The second-order valence-corrected chi connectivity index (χ2v) is 5.09. The maximum absolute atomic E-state index is 13.3. The molecule has 2 rings (SSSR count). The number of halogens is 1. The fraction of sp³-hybridized carbons (Fsp3) is 0.375. The number of hydrogen-bond donors (Lipinski definition) is 1. The summed E-state index contributed by atoms with van der Waals surface area (Å²) in [4.78, 5) is 9.01. The number of aromatic nitrogens is 2. The lowest BCUT2D eigenvalue weighted by Crippen LogP contribution is -2.06. The van der Waals surface area contributed by atoms with Gasteiger partial charge in [-0.1, -0.05) is 32.9 Å². The summed E-state index contributed by atoms with van der Waals surface area (Å²) in [5.41, 5.74) is 1.66. The van der Waals surface area contributed by atoms with E-state index in [9.17, 15) is 4.39 Å². The molecule has 1 aromatic carbocycles. The SMILES string of the molecule is CCCNc1cc(C(C)C)nc(-c2cccc(F)c2)n1. The van der Waals surface area contributed by atoms with E-state index >= 15 is 0 Å². The lowest BCUT2D eigenvalue weighted by Gasteiger charge is -2.11. The summed E-state index contributed by atoms with van der Waals surface area (Å²) < 4.78 is 13.3. The van der Waals surface area contributed by atoms with Crippen molar-refractivity contribution in [2.24, 2.45) is 0 Å². The van der Waals surface area contributed by atoms with Gasteiger partial charge in [-0.3, -0.25) is 0 Å². The van der Waals surface area contributed by atoms with Crippen LogP contribution >= 0.6 is 0 Å². The highest BCUT2D eigenvalue weighted by Gasteiger charge is 2.10. The fourth-order valence-electron chi connectivity index (χ4n) is 1.86. The van der Waals surface area contributed by atoms with Crippen molar-refractivity contribution in [2.75, 3.05) is 11.9 Å². The lowest BCUT2D eigenvalue weighted by molar-refractivity contribution is 0.628. The first kappa shape index (κ1) is 14.4. The van der Waals surface area contributed by atoms with Crippen molar-refractivity contribution in [3.05, 3.63) is 41.8 Å². The van der Waals surface area contributed by atoms with Crippen LogP contribution in [-0.2, 0) is 0 Å². The summed E-state index contributed by atoms with van der Waals surface area (Å²) in [5, 5.41) is 3.27.